The van der Waals surface area contributed by atoms with Crippen LogP contribution < -0.4 is 4.90 Å². The zero-order valence-corrected chi connectivity index (χ0v) is 16.4. The highest BCUT2D eigenvalue weighted by molar-refractivity contribution is 5.86. The monoisotopic (exact) mass is 353 g/mol. The van der Waals surface area contributed by atoms with E-state index in [9.17, 15) is 4.79 Å². The molecule has 26 heavy (non-hydrogen) atoms. The standard InChI is InChI=1S/C21H27N3O2/c1-13-9-15-16(21(4,5)8-7-20(15,2)3)10-17(13)24(6)19-22-11-14(12-23-19)18(25)26/h9-12H,7-8H2,1-6H3,(H,25,26). The third kappa shape index (κ3) is 3.06. The Morgan fingerprint density at radius 3 is 2.04 bits per heavy atom. The summed E-state index contributed by atoms with van der Waals surface area (Å²) in [6.07, 6.45) is 5.04. The molecule has 0 aliphatic heterocycles. The van der Waals surface area contributed by atoms with Gasteiger partial charge in [-0.15, -0.1) is 0 Å². The van der Waals surface area contributed by atoms with E-state index in [0.717, 1.165) is 12.1 Å². The lowest BCUT2D eigenvalue weighted by atomic mass is 9.63. The number of hydrogen-bond acceptors (Lipinski definition) is 4. The van der Waals surface area contributed by atoms with Gasteiger partial charge in [0.2, 0.25) is 5.95 Å². The van der Waals surface area contributed by atoms with E-state index in [1.807, 2.05) is 11.9 Å². The van der Waals surface area contributed by atoms with Crippen molar-refractivity contribution >= 4 is 17.6 Å². The van der Waals surface area contributed by atoms with Crippen molar-refractivity contribution in [3.8, 4) is 0 Å². The second-order valence-electron chi connectivity index (χ2n) is 8.59. The fourth-order valence-corrected chi connectivity index (χ4v) is 3.78. The molecule has 5 heteroatoms. The molecule has 0 radical (unpaired) electrons. The number of aromatic carboxylic acids is 1. The number of fused-ring (bicyclic) bond motifs is 1. The van der Waals surface area contributed by atoms with Crippen LogP contribution in [-0.2, 0) is 10.8 Å². The first-order valence-electron chi connectivity index (χ1n) is 8.97. The summed E-state index contributed by atoms with van der Waals surface area (Å²) in [5.41, 5.74) is 5.41. The Balaban J connectivity index is 2.07. The lowest BCUT2D eigenvalue weighted by molar-refractivity contribution is 0.0696. The number of nitrogens with zero attached hydrogens (tertiary/aromatic N) is 3. The van der Waals surface area contributed by atoms with Gasteiger partial charge in [-0.25, -0.2) is 14.8 Å². The SMILES string of the molecule is Cc1cc2c(cc1N(C)c1ncc(C(=O)O)cn1)C(C)(C)CCC2(C)C. The Kier molecular flexibility index (Phi) is 4.29. The molecule has 5 nitrogen and oxygen atoms in total. The van der Waals surface area contributed by atoms with Crippen molar-refractivity contribution in [3.05, 3.63) is 46.8 Å². The van der Waals surface area contributed by atoms with E-state index in [1.165, 1.54) is 35.5 Å². The van der Waals surface area contributed by atoms with Gasteiger partial charge in [0.25, 0.3) is 0 Å². The van der Waals surface area contributed by atoms with Crippen molar-refractivity contribution in [1.29, 1.82) is 0 Å². The Bertz CT molecular complexity index is 854. The molecular weight excluding hydrogens is 326 g/mol. The van der Waals surface area contributed by atoms with Crippen LogP contribution in [0.4, 0.5) is 11.6 Å². The van der Waals surface area contributed by atoms with Crippen molar-refractivity contribution in [2.24, 2.45) is 0 Å². The Morgan fingerprint density at radius 1 is 1.04 bits per heavy atom. The molecule has 1 aromatic heterocycles. The van der Waals surface area contributed by atoms with Gasteiger partial charge in [-0.05, 0) is 53.4 Å². The molecule has 1 aliphatic carbocycles. The number of hydrogen-bond donors (Lipinski definition) is 1. The maximum absolute atomic E-state index is 11.0. The Morgan fingerprint density at radius 2 is 1.54 bits per heavy atom. The average molecular weight is 353 g/mol. The summed E-state index contributed by atoms with van der Waals surface area (Å²) < 4.78 is 0. The summed E-state index contributed by atoms with van der Waals surface area (Å²) >= 11 is 0. The number of carboxylic acids is 1. The summed E-state index contributed by atoms with van der Waals surface area (Å²) in [7, 11) is 1.92. The first kappa shape index (κ1) is 18.4. The van der Waals surface area contributed by atoms with E-state index in [0.29, 0.717) is 5.95 Å². The Hall–Kier alpha value is -2.43. The quantitative estimate of drug-likeness (QED) is 0.873. The number of benzene rings is 1. The van der Waals surface area contributed by atoms with Gasteiger partial charge in [0.05, 0.1) is 5.56 Å². The lowest BCUT2D eigenvalue weighted by Gasteiger charge is -2.42. The number of carbonyl (C=O) groups is 1. The third-order valence-corrected chi connectivity index (χ3v) is 5.72. The summed E-state index contributed by atoms with van der Waals surface area (Å²) in [4.78, 5) is 21.4. The van der Waals surface area contributed by atoms with E-state index < -0.39 is 5.97 Å². The second-order valence-corrected chi connectivity index (χ2v) is 8.59. The molecule has 0 unspecified atom stereocenters. The van der Waals surface area contributed by atoms with Gasteiger partial charge in [-0.3, -0.25) is 0 Å². The van der Waals surface area contributed by atoms with Crippen LogP contribution in [0.2, 0.25) is 0 Å². The molecule has 0 spiro atoms. The fraction of sp³-hybridized carbons (Fsp3) is 0.476. The second kappa shape index (κ2) is 6.08. The smallest absolute Gasteiger partial charge is 0.338 e. The molecule has 2 aromatic rings. The normalized spacial score (nSPS) is 17.5. The van der Waals surface area contributed by atoms with Crippen LogP contribution in [0.1, 0.15) is 67.6 Å². The van der Waals surface area contributed by atoms with E-state index in [4.69, 9.17) is 5.11 Å². The van der Waals surface area contributed by atoms with Crippen LogP contribution in [0.15, 0.2) is 24.5 Å². The molecule has 1 aliphatic rings. The minimum absolute atomic E-state index is 0.0900. The van der Waals surface area contributed by atoms with Gasteiger partial charge in [0.15, 0.2) is 0 Å². The van der Waals surface area contributed by atoms with Crippen LogP contribution in [0.25, 0.3) is 0 Å². The van der Waals surface area contributed by atoms with Crippen molar-refractivity contribution in [1.82, 2.24) is 9.97 Å². The highest BCUT2D eigenvalue weighted by atomic mass is 16.4. The first-order valence-corrected chi connectivity index (χ1v) is 8.97. The molecular formula is C21H27N3O2. The summed E-state index contributed by atoms with van der Waals surface area (Å²) in [6.45, 7) is 11.3. The van der Waals surface area contributed by atoms with Crippen LogP contribution in [0, 0.1) is 6.92 Å². The molecule has 0 saturated heterocycles. The largest absolute Gasteiger partial charge is 0.478 e. The van der Waals surface area contributed by atoms with Crippen LogP contribution in [0.3, 0.4) is 0 Å². The molecule has 3 rings (SSSR count). The van der Waals surface area contributed by atoms with Crippen LogP contribution in [0.5, 0.6) is 0 Å². The van der Waals surface area contributed by atoms with Crippen molar-refractivity contribution in [2.45, 2.75) is 58.3 Å². The van der Waals surface area contributed by atoms with Crippen molar-refractivity contribution in [3.63, 3.8) is 0 Å². The number of carboxylic acid groups (broad SMARTS) is 1. The zero-order chi connectivity index (χ0) is 19.3. The number of anilines is 2. The summed E-state index contributed by atoms with van der Waals surface area (Å²) in [5.74, 6) is -0.529. The lowest BCUT2D eigenvalue weighted by Crippen LogP contribution is -2.34. The van der Waals surface area contributed by atoms with Gasteiger partial charge >= 0.3 is 5.97 Å². The van der Waals surface area contributed by atoms with Gasteiger partial charge in [-0.1, -0.05) is 33.8 Å². The first-order chi connectivity index (χ1) is 12.0. The van der Waals surface area contributed by atoms with Crippen molar-refractivity contribution in [2.75, 3.05) is 11.9 Å². The zero-order valence-electron chi connectivity index (χ0n) is 16.4. The number of rotatable bonds is 3. The topological polar surface area (TPSA) is 66.3 Å². The molecule has 138 valence electrons. The molecule has 0 amide bonds. The molecule has 0 saturated carbocycles. The number of aryl methyl sites for hydroxylation is 1. The van der Waals surface area contributed by atoms with E-state index >= 15 is 0 Å². The van der Waals surface area contributed by atoms with Gasteiger partial charge < -0.3 is 10.0 Å². The van der Waals surface area contributed by atoms with Crippen molar-refractivity contribution < 1.29 is 9.90 Å². The third-order valence-electron chi connectivity index (χ3n) is 5.72. The highest BCUT2D eigenvalue weighted by Gasteiger charge is 2.37. The summed E-state index contributed by atoms with van der Waals surface area (Å²) in [5, 5.41) is 9.02. The fourth-order valence-electron chi connectivity index (χ4n) is 3.78. The van der Waals surface area contributed by atoms with Gasteiger partial charge in [-0.2, -0.15) is 0 Å². The highest BCUT2D eigenvalue weighted by Crippen LogP contribution is 2.47. The molecule has 0 atom stereocenters. The number of aromatic nitrogens is 2. The van der Waals surface area contributed by atoms with Crippen LogP contribution >= 0.6 is 0 Å². The molecule has 1 aromatic carbocycles. The van der Waals surface area contributed by atoms with E-state index in [2.05, 4.69) is 56.7 Å². The maximum Gasteiger partial charge on any atom is 0.338 e. The molecule has 0 bridgehead atoms. The predicted octanol–water partition coefficient (Wildman–Crippen LogP) is 4.60. The predicted molar refractivity (Wildman–Crippen MR) is 104 cm³/mol. The molecule has 0 fully saturated rings. The van der Waals surface area contributed by atoms with Crippen LogP contribution in [-0.4, -0.2) is 28.1 Å². The average Bonchev–Trinajstić information content (AvgIpc) is 2.58. The minimum Gasteiger partial charge on any atom is -0.478 e. The van der Waals surface area contributed by atoms with E-state index in [1.54, 1.807) is 0 Å². The van der Waals surface area contributed by atoms with Gasteiger partial charge in [0.1, 0.15) is 0 Å². The van der Waals surface area contributed by atoms with Gasteiger partial charge in [0, 0.05) is 25.1 Å². The minimum atomic E-state index is -1.02. The maximum atomic E-state index is 11.0. The Labute approximate surface area is 155 Å². The molecule has 1 heterocycles. The summed E-state index contributed by atoms with van der Waals surface area (Å²) in [6, 6.07) is 4.56. The van der Waals surface area contributed by atoms with E-state index in [-0.39, 0.29) is 16.4 Å². The molecule has 1 N–H and O–H groups in total.